The van der Waals surface area contributed by atoms with Crippen molar-refractivity contribution in [2.45, 2.75) is 48.6 Å². The van der Waals surface area contributed by atoms with E-state index in [-0.39, 0.29) is 0 Å². The van der Waals surface area contributed by atoms with Gasteiger partial charge in [0.1, 0.15) is 0 Å². The highest BCUT2D eigenvalue weighted by molar-refractivity contribution is 7.99. The van der Waals surface area contributed by atoms with Crippen LogP contribution in [0.5, 0.6) is 0 Å². The molecule has 2 unspecified atom stereocenters. The van der Waals surface area contributed by atoms with Crippen LogP contribution in [-0.4, -0.2) is 38.0 Å². The summed E-state index contributed by atoms with van der Waals surface area (Å²) in [5, 5.41) is 5.29. The van der Waals surface area contributed by atoms with Gasteiger partial charge in [0.25, 0.3) is 0 Å². The molecule has 2 nitrogen and oxygen atoms in total. The van der Waals surface area contributed by atoms with E-state index in [1.54, 1.807) is 0 Å². The molecule has 0 aromatic heterocycles. The zero-order valence-electron chi connectivity index (χ0n) is 20.8. The lowest BCUT2D eigenvalue weighted by Crippen LogP contribution is -2.19. The summed E-state index contributed by atoms with van der Waals surface area (Å²) in [7, 11) is 8.72. The van der Waals surface area contributed by atoms with E-state index in [4.69, 9.17) is 0 Å². The Bertz CT molecular complexity index is 1150. The van der Waals surface area contributed by atoms with E-state index >= 15 is 0 Å². The smallest absolute Gasteiger partial charge is 0.0340 e. The molecule has 0 saturated carbocycles. The average Bonchev–Trinajstić information content (AvgIpc) is 2.79. The van der Waals surface area contributed by atoms with Crippen LogP contribution in [0.25, 0.3) is 21.5 Å². The van der Waals surface area contributed by atoms with Gasteiger partial charge in [0, 0.05) is 21.9 Å². The normalized spacial score (nSPS) is 13.8. The molecule has 0 fully saturated rings. The number of hydrogen-bond acceptors (Lipinski definition) is 3. The Morgan fingerprint density at radius 3 is 1.36 bits per heavy atom. The Kier molecular flexibility index (Phi) is 7.43. The first-order valence-electron chi connectivity index (χ1n) is 12.0. The molecule has 0 aliphatic rings. The number of benzene rings is 4. The van der Waals surface area contributed by atoms with Crippen LogP contribution in [0.1, 0.15) is 49.9 Å². The fraction of sp³-hybridized carbons (Fsp3) is 0.333. The Morgan fingerprint density at radius 2 is 1.00 bits per heavy atom. The molecule has 0 amide bonds. The van der Waals surface area contributed by atoms with Gasteiger partial charge in [-0.05, 0) is 98.0 Å². The topological polar surface area (TPSA) is 6.48 Å². The molecular formula is C30H36N2S. The molecule has 2 atom stereocenters. The van der Waals surface area contributed by atoms with Crippen LogP contribution in [0, 0.1) is 0 Å². The van der Waals surface area contributed by atoms with Gasteiger partial charge in [-0.3, -0.25) is 0 Å². The second-order valence-corrected chi connectivity index (χ2v) is 10.4. The highest BCUT2D eigenvalue weighted by Gasteiger charge is 2.18. The Morgan fingerprint density at radius 1 is 0.606 bits per heavy atom. The van der Waals surface area contributed by atoms with Crippen molar-refractivity contribution >= 4 is 33.3 Å². The van der Waals surface area contributed by atoms with Crippen LogP contribution in [0.2, 0.25) is 0 Å². The second-order valence-electron chi connectivity index (χ2n) is 9.36. The molecule has 0 bridgehead atoms. The molecule has 0 spiro atoms. The maximum absolute atomic E-state index is 2.42. The molecule has 0 aliphatic heterocycles. The molecular weight excluding hydrogens is 420 g/mol. The predicted molar refractivity (Wildman–Crippen MR) is 145 cm³/mol. The van der Waals surface area contributed by atoms with Crippen LogP contribution in [0.4, 0.5) is 0 Å². The number of fused-ring (bicyclic) bond motifs is 2. The van der Waals surface area contributed by atoms with E-state index in [1.165, 1.54) is 42.5 Å². The first kappa shape index (κ1) is 23.8. The van der Waals surface area contributed by atoms with E-state index in [1.807, 2.05) is 11.8 Å². The fourth-order valence-electron chi connectivity index (χ4n) is 5.07. The molecule has 4 rings (SSSR count). The van der Waals surface area contributed by atoms with Gasteiger partial charge in [-0.15, -0.1) is 0 Å². The SMILES string of the molecule is CCC(c1cc(Sc2cc(C(CC)N(C)C)cc3ccccc23)c2ccccc2c1)N(C)C. The summed E-state index contributed by atoms with van der Waals surface area (Å²) in [6, 6.07) is 28.1. The Balaban J connectivity index is 1.89. The monoisotopic (exact) mass is 456 g/mol. The first-order chi connectivity index (χ1) is 15.9. The van der Waals surface area contributed by atoms with Crippen LogP contribution in [-0.2, 0) is 0 Å². The van der Waals surface area contributed by atoms with Gasteiger partial charge in [-0.1, -0.05) is 74.1 Å². The van der Waals surface area contributed by atoms with E-state index in [0.717, 1.165) is 12.8 Å². The van der Waals surface area contributed by atoms with Gasteiger partial charge in [0.2, 0.25) is 0 Å². The number of hydrogen-bond donors (Lipinski definition) is 0. The van der Waals surface area contributed by atoms with Gasteiger partial charge in [-0.2, -0.15) is 0 Å². The number of rotatable bonds is 8. The Labute approximate surface area is 203 Å². The summed E-state index contributed by atoms with van der Waals surface area (Å²) in [5.74, 6) is 0. The van der Waals surface area contributed by atoms with Crippen molar-refractivity contribution in [2.75, 3.05) is 28.2 Å². The first-order valence-corrected chi connectivity index (χ1v) is 12.8. The lowest BCUT2D eigenvalue weighted by atomic mass is 9.99. The summed E-state index contributed by atoms with van der Waals surface area (Å²) < 4.78 is 0. The standard InChI is InChI=1S/C30H36N2S/c1-7-27(31(3)4)23-17-21-13-9-11-15-25(21)29(19-23)33-30-20-24(28(8-2)32(5)6)18-22-14-10-12-16-26(22)30/h9-20,27-28H,7-8H2,1-6H3. The zero-order chi connectivity index (χ0) is 23.5. The summed E-state index contributed by atoms with van der Waals surface area (Å²) >= 11 is 1.92. The summed E-state index contributed by atoms with van der Waals surface area (Å²) in [4.78, 5) is 7.34. The third-order valence-electron chi connectivity index (χ3n) is 6.70. The molecule has 33 heavy (non-hydrogen) atoms. The third kappa shape index (κ3) is 4.96. The lowest BCUT2D eigenvalue weighted by molar-refractivity contribution is 0.292. The maximum Gasteiger partial charge on any atom is 0.0340 e. The quantitative estimate of drug-likeness (QED) is 0.264. The average molecular weight is 457 g/mol. The van der Waals surface area contributed by atoms with Crippen LogP contribution in [0.15, 0.2) is 82.6 Å². The molecule has 4 aromatic carbocycles. The van der Waals surface area contributed by atoms with Crippen molar-refractivity contribution in [3.8, 4) is 0 Å². The largest absolute Gasteiger partial charge is 0.302 e. The van der Waals surface area contributed by atoms with E-state index < -0.39 is 0 Å². The minimum Gasteiger partial charge on any atom is -0.302 e. The molecule has 0 radical (unpaired) electrons. The molecule has 0 saturated heterocycles. The second kappa shape index (κ2) is 10.3. The van der Waals surface area contributed by atoms with Gasteiger partial charge in [-0.25, -0.2) is 0 Å². The van der Waals surface area contributed by atoms with Gasteiger partial charge in [0.15, 0.2) is 0 Å². The fourth-order valence-corrected chi connectivity index (χ4v) is 6.28. The molecule has 4 aromatic rings. The Hall–Kier alpha value is -2.33. The van der Waals surface area contributed by atoms with E-state index in [2.05, 4.69) is 125 Å². The molecule has 0 heterocycles. The summed E-state index contributed by atoms with van der Waals surface area (Å²) in [6.07, 6.45) is 2.18. The third-order valence-corrected chi connectivity index (χ3v) is 7.82. The van der Waals surface area contributed by atoms with Crippen LogP contribution >= 0.6 is 11.8 Å². The number of nitrogens with zero attached hydrogens (tertiary/aromatic N) is 2. The highest BCUT2D eigenvalue weighted by Crippen LogP contribution is 2.41. The van der Waals surface area contributed by atoms with Crippen molar-refractivity contribution < 1.29 is 0 Å². The van der Waals surface area contributed by atoms with Gasteiger partial charge >= 0.3 is 0 Å². The van der Waals surface area contributed by atoms with Crippen LogP contribution < -0.4 is 0 Å². The summed E-state index contributed by atoms with van der Waals surface area (Å²) in [5.41, 5.74) is 2.78. The predicted octanol–water partition coefficient (Wildman–Crippen LogP) is 8.17. The minimum absolute atomic E-state index is 0.412. The molecule has 172 valence electrons. The zero-order valence-corrected chi connectivity index (χ0v) is 21.6. The lowest BCUT2D eigenvalue weighted by Gasteiger charge is -2.25. The van der Waals surface area contributed by atoms with Crippen molar-refractivity contribution in [1.82, 2.24) is 9.80 Å². The maximum atomic E-state index is 2.42. The van der Waals surface area contributed by atoms with Crippen molar-refractivity contribution in [3.05, 3.63) is 83.9 Å². The van der Waals surface area contributed by atoms with E-state index in [0.29, 0.717) is 12.1 Å². The highest BCUT2D eigenvalue weighted by atomic mass is 32.2. The van der Waals surface area contributed by atoms with Crippen molar-refractivity contribution in [3.63, 3.8) is 0 Å². The van der Waals surface area contributed by atoms with Gasteiger partial charge < -0.3 is 9.80 Å². The minimum atomic E-state index is 0.412. The van der Waals surface area contributed by atoms with Crippen molar-refractivity contribution in [2.24, 2.45) is 0 Å². The van der Waals surface area contributed by atoms with Crippen LogP contribution in [0.3, 0.4) is 0 Å². The molecule has 0 N–H and O–H groups in total. The molecule has 0 aliphatic carbocycles. The van der Waals surface area contributed by atoms with Crippen molar-refractivity contribution in [1.29, 1.82) is 0 Å². The molecule has 3 heteroatoms. The van der Waals surface area contributed by atoms with E-state index in [9.17, 15) is 0 Å². The summed E-state index contributed by atoms with van der Waals surface area (Å²) in [6.45, 7) is 4.55. The van der Waals surface area contributed by atoms with Gasteiger partial charge in [0.05, 0.1) is 0 Å².